The summed E-state index contributed by atoms with van der Waals surface area (Å²) in [4.78, 5) is 35.5. The lowest BCUT2D eigenvalue weighted by molar-refractivity contribution is 0.0906. The molecule has 2 aromatic carbocycles. The molecule has 67 heavy (non-hydrogen) atoms. The van der Waals surface area contributed by atoms with Gasteiger partial charge in [0.05, 0.1) is 0 Å². The number of nitrogens with two attached hydrogens (primary N) is 1. The number of hydrogen-bond acceptors (Lipinski definition) is 6. The number of benzene rings is 2. The van der Waals surface area contributed by atoms with Crippen molar-refractivity contribution in [3.63, 3.8) is 0 Å². The Morgan fingerprint density at radius 1 is 0.746 bits per heavy atom. The topological polar surface area (TPSA) is 104 Å². The number of carbonyl (C=O) groups is 2. The molecule has 1 aromatic heterocycles. The molecule has 0 unspecified atom stereocenters. The van der Waals surface area contributed by atoms with Crippen molar-refractivity contribution < 1.29 is 18.4 Å². The number of aromatic nitrogens is 1. The highest BCUT2D eigenvalue weighted by Gasteiger charge is 2.24. The van der Waals surface area contributed by atoms with Gasteiger partial charge >= 0.3 is 0 Å². The van der Waals surface area contributed by atoms with Gasteiger partial charge in [0.15, 0.2) is 0 Å². The highest BCUT2D eigenvalue weighted by Crippen LogP contribution is 2.25. The van der Waals surface area contributed by atoms with Gasteiger partial charge in [0, 0.05) is 79.1 Å². The maximum absolute atomic E-state index is 14.6. The molecule has 11 heteroatoms. The number of likely N-dealkylation sites (tertiary alicyclic amines) is 1. The number of anilines is 1. The first-order valence-electron chi connectivity index (χ1n) is 23.8. The summed E-state index contributed by atoms with van der Waals surface area (Å²) in [6, 6.07) is 13.1. The number of halogens is 3. The Hall–Kier alpha value is -5.42. The van der Waals surface area contributed by atoms with Crippen LogP contribution in [0.4, 0.5) is 14.6 Å². The van der Waals surface area contributed by atoms with Crippen molar-refractivity contribution in [2.75, 3.05) is 43.5 Å². The fraction of sp³-hybridized carbons (Fsp3) is 0.411. The monoisotopic (exact) mass is 941 g/mol. The van der Waals surface area contributed by atoms with Crippen molar-refractivity contribution in [2.45, 2.75) is 112 Å². The number of hydrogen-bond donors (Lipinski definition) is 3. The summed E-state index contributed by atoms with van der Waals surface area (Å²) in [5, 5.41) is 6.27. The molecule has 4 N–H and O–H groups in total. The zero-order valence-electron chi connectivity index (χ0n) is 41.4. The van der Waals surface area contributed by atoms with Gasteiger partial charge in [-0.3, -0.25) is 14.5 Å². The van der Waals surface area contributed by atoms with E-state index in [1.165, 1.54) is 43.5 Å². The highest BCUT2D eigenvalue weighted by molar-refractivity contribution is 6.18. The average Bonchev–Trinajstić information content (AvgIpc) is 3.34. The van der Waals surface area contributed by atoms with Crippen LogP contribution in [0.15, 0.2) is 129 Å². The van der Waals surface area contributed by atoms with Crippen molar-refractivity contribution in [1.29, 1.82) is 0 Å². The molecule has 366 valence electrons. The number of carbonyl (C=O) groups excluding carboxylic acids is 2. The first-order chi connectivity index (χ1) is 32.4. The lowest BCUT2D eigenvalue weighted by Gasteiger charge is -2.34. The number of pyridine rings is 1. The number of amides is 2. The maximum Gasteiger partial charge on any atom is 0.251 e. The van der Waals surface area contributed by atoms with Crippen LogP contribution in [-0.4, -0.2) is 72.4 Å². The van der Waals surface area contributed by atoms with Gasteiger partial charge in [0.1, 0.15) is 17.5 Å². The molecule has 0 aliphatic carbocycles. The van der Waals surface area contributed by atoms with Gasteiger partial charge in [-0.1, -0.05) is 128 Å². The molecule has 2 saturated heterocycles. The standard InChI is InChI=1S/C44H49F2N5O2.C4H10.C3H5Cl.C3H8.C2H7N/c1-5-9-11-32(7-3)38-27-34(14-16-40(38)45)43(52)48-36-19-23-50(24-20-36)30-31-13-18-42(47-29-31)51-25-21-37(22-26-51)49-44(53)35-15-17-41(46)39(28-35)33(8-4)12-10-6-2;1-3-4-2;1-2-3-4;1-3-2;1-2-3/h5-18,27-29,36-37H,3-4,19-26,30H2,1-2H3,(H,48,52)(H,49,53);3-4H2,1-2H3;2H,1,3H2;3H2,1-2H3;2-3H2,1H3/b9-5-,10-6-,32-11+,33-12+;;;;. The number of nitrogens with zero attached hydrogens (tertiary/aromatic N) is 3. The molecule has 2 fully saturated rings. The van der Waals surface area contributed by atoms with Crippen LogP contribution in [0.1, 0.15) is 131 Å². The van der Waals surface area contributed by atoms with E-state index in [9.17, 15) is 18.4 Å². The number of alkyl halides is 1. The molecule has 2 amide bonds. The van der Waals surface area contributed by atoms with Crippen molar-refractivity contribution >= 4 is 40.4 Å². The Kier molecular flexibility index (Phi) is 31.8. The number of piperidine rings is 2. The molecule has 5 rings (SSSR count). The Labute approximate surface area is 407 Å². The quantitative estimate of drug-likeness (QED) is 0.0797. The summed E-state index contributed by atoms with van der Waals surface area (Å²) < 4.78 is 29.2. The number of unbranched alkanes of at least 4 members (excludes halogenated alkanes) is 1. The van der Waals surface area contributed by atoms with E-state index in [0.29, 0.717) is 39.3 Å². The van der Waals surface area contributed by atoms with E-state index in [4.69, 9.17) is 22.3 Å². The van der Waals surface area contributed by atoms with Crippen molar-refractivity contribution in [3.8, 4) is 0 Å². The Morgan fingerprint density at radius 2 is 1.16 bits per heavy atom. The van der Waals surface area contributed by atoms with Crippen LogP contribution < -0.4 is 21.3 Å². The van der Waals surface area contributed by atoms with Gasteiger partial charge in [0.25, 0.3) is 11.8 Å². The molecule has 0 radical (unpaired) electrons. The lowest BCUT2D eigenvalue weighted by Crippen LogP contribution is -2.45. The molecule has 0 bridgehead atoms. The molecular weight excluding hydrogens is 862 g/mol. The lowest BCUT2D eigenvalue weighted by atomic mass is 10.00. The zero-order valence-corrected chi connectivity index (χ0v) is 42.2. The third-order valence-corrected chi connectivity index (χ3v) is 10.6. The SMILES string of the molecule is C=C/C(=C\C=C/C)c1cc(C(=O)NC2CCN(Cc3ccc(N4CCC(NC(=O)c5ccc(F)c(/C(C=C)=C/C=C\C)c5)CC4)nc3)CC2)ccc1F.C=CCCl.CCC.CCCC.CCN. The van der Waals surface area contributed by atoms with E-state index in [1.807, 2.05) is 51.3 Å². The summed E-state index contributed by atoms with van der Waals surface area (Å²) in [5.41, 5.74) is 8.74. The normalized spacial score (nSPS) is 14.5. The van der Waals surface area contributed by atoms with Crippen LogP contribution in [0.25, 0.3) is 11.1 Å². The van der Waals surface area contributed by atoms with Crippen LogP contribution in [0, 0.1) is 11.6 Å². The van der Waals surface area contributed by atoms with Crippen LogP contribution >= 0.6 is 11.6 Å². The second kappa shape index (κ2) is 35.7. The third-order valence-electron chi connectivity index (χ3n) is 10.4. The molecule has 3 aromatic rings. The molecule has 0 atom stereocenters. The molecule has 2 aliphatic heterocycles. The maximum atomic E-state index is 14.6. The summed E-state index contributed by atoms with van der Waals surface area (Å²) in [6.07, 6.45) is 24.7. The molecule has 0 saturated carbocycles. The second-order valence-electron chi connectivity index (χ2n) is 15.9. The number of rotatable bonds is 15. The van der Waals surface area contributed by atoms with E-state index < -0.39 is 11.6 Å². The first-order valence-corrected chi connectivity index (χ1v) is 24.3. The van der Waals surface area contributed by atoms with Gasteiger partial charge < -0.3 is 21.3 Å². The van der Waals surface area contributed by atoms with E-state index in [2.05, 4.69) is 80.0 Å². The minimum Gasteiger partial charge on any atom is -0.356 e. The Balaban J connectivity index is 0.00000142. The van der Waals surface area contributed by atoms with Gasteiger partial charge in [0.2, 0.25) is 0 Å². The minimum atomic E-state index is -0.398. The van der Waals surface area contributed by atoms with Gasteiger partial charge in [-0.25, -0.2) is 13.8 Å². The molecule has 0 spiro atoms. The average molecular weight is 942 g/mol. The van der Waals surface area contributed by atoms with Crippen LogP contribution in [0.2, 0.25) is 0 Å². The second-order valence-corrected chi connectivity index (χ2v) is 16.2. The number of allylic oxidation sites excluding steroid dienone is 11. The van der Waals surface area contributed by atoms with E-state index >= 15 is 0 Å². The fourth-order valence-corrected chi connectivity index (χ4v) is 6.69. The number of nitrogens with one attached hydrogen (secondary N) is 2. The fourth-order valence-electron chi connectivity index (χ4n) is 6.69. The van der Waals surface area contributed by atoms with Crippen molar-refractivity contribution in [3.05, 3.63) is 169 Å². The Bertz CT molecular complexity index is 2040. The van der Waals surface area contributed by atoms with Gasteiger partial charge in [-0.05, 0) is 105 Å². The molecule has 3 heterocycles. The van der Waals surface area contributed by atoms with E-state index in [1.54, 1.807) is 42.5 Å². The molecular formula is C56H79ClF2N6O2. The molecule has 8 nitrogen and oxygen atoms in total. The summed E-state index contributed by atoms with van der Waals surface area (Å²) in [6.45, 7) is 29.9. The summed E-state index contributed by atoms with van der Waals surface area (Å²) in [7, 11) is 0. The molecule has 2 aliphatic rings. The summed E-state index contributed by atoms with van der Waals surface area (Å²) in [5.74, 6) is 0.252. The smallest absolute Gasteiger partial charge is 0.251 e. The Morgan fingerprint density at radius 3 is 1.51 bits per heavy atom. The van der Waals surface area contributed by atoms with Gasteiger partial charge in [-0.15, -0.1) is 18.2 Å². The van der Waals surface area contributed by atoms with Crippen LogP contribution in [-0.2, 0) is 6.54 Å². The zero-order chi connectivity index (χ0) is 50.0. The van der Waals surface area contributed by atoms with Crippen LogP contribution in [0.5, 0.6) is 0 Å². The van der Waals surface area contributed by atoms with E-state index in [0.717, 1.165) is 76.3 Å². The highest BCUT2D eigenvalue weighted by atomic mass is 35.5. The predicted molar refractivity (Wildman–Crippen MR) is 284 cm³/mol. The van der Waals surface area contributed by atoms with Gasteiger partial charge in [-0.2, -0.15) is 0 Å². The minimum absolute atomic E-state index is 0.0142. The van der Waals surface area contributed by atoms with Crippen LogP contribution in [0.3, 0.4) is 0 Å². The largest absolute Gasteiger partial charge is 0.356 e. The van der Waals surface area contributed by atoms with E-state index in [-0.39, 0.29) is 23.9 Å². The van der Waals surface area contributed by atoms with Crippen molar-refractivity contribution in [2.24, 2.45) is 5.73 Å². The van der Waals surface area contributed by atoms with Crippen molar-refractivity contribution in [1.82, 2.24) is 20.5 Å². The third kappa shape index (κ3) is 22.3. The predicted octanol–water partition coefficient (Wildman–Crippen LogP) is 13.0. The first kappa shape index (κ1) is 59.6. The summed E-state index contributed by atoms with van der Waals surface area (Å²) >= 11 is 5.07.